The Hall–Kier alpha value is -2.04. The van der Waals surface area contributed by atoms with Gasteiger partial charge in [0.05, 0.1) is 12.2 Å². The van der Waals surface area contributed by atoms with Gasteiger partial charge in [0.2, 0.25) is 0 Å². The summed E-state index contributed by atoms with van der Waals surface area (Å²) in [5.41, 5.74) is 0.226. The number of esters is 1. The van der Waals surface area contributed by atoms with Gasteiger partial charge in [0, 0.05) is 6.54 Å². The molecule has 5 heteroatoms. The Morgan fingerprint density at radius 3 is 2.80 bits per heavy atom. The molecule has 1 aromatic carbocycles. The first-order chi connectivity index (χ1) is 9.65. The van der Waals surface area contributed by atoms with Crippen LogP contribution in [-0.2, 0) is 9.53 Å². The zero-order valence-electron chi connectivity index (χ0n) is 11.5. The van der Waals surface area contributed by atoms with Gasteiger partial charge in [-0.2, -0.15) is 0 Å². The monoisotopic (exact) mass is 277 g/mol. The van der Waals surface area contributed by atoms with Crippen LogP contribution >= 0.6 is 0 Å². The average molecular weight is 277 g/mol. The molecule has 0 radical (unpaired) electrons. The molecule has 1 saturated heterocycles. The number of phenols is 1. The highest BCUT2D eigenvalue weighted by atomic mass is 16.5. The van der Waals surface area contributed by atoms with Crippen LogP contribution in [0.2, 0.25) is 0 Å². The van der Waals surface area contributed by atoms with E-state index in [4.69, 9.17) is 4.74 Å². The van der Waals surface area contributed by atoms with Crippen molar-refractivity contribution in [1.29, 1.82) is 0 Å². The Balaban J connectivity index is 2.22. The third-order valence-electron chi connectivity index (χ3n) is 3.46. The minimum absolute atomic E-state index is 0.0642. The molecule has 0 aromatic heterocycles. The van der Waals surface area contributed by atoms with Gasteiger partial charge in [0.25, 0.3) is 5.91 Å². The second kappa shape index (κ2) is 6.41. The number of para-hydroxylation sites is 1. The Morgan fingerprint density at radius 1 is 1.35 bits per heavy atom. The van der Waals surface area contributed by atoms with E-state index in [9.17, 15) is 14.7 Å². The zero-order valence-corrected chi connectivity index (χ0v) is 11.5. The number of hydrogen-bond acceptors (Lipinski definition) is 4. The molecule has 1 unspecified atom stereocenters. The molecule has 20 heavy (non-hydrogen) atoms. The number of carbonyl (C=O) groups is 2. The SMILES string of the molecule is CCOC(=O)C1CCCCN1C(=O)c1ccccc1O. The van der Waals surface area contributed by atoms with Gasteiger partial charge < -0.3 is 14.7 Å². The van der Waals surface area contributed by atoms with Crippen molar-refractivity contribution in [3.8, 4) is 5.75 Å². The van der Waals surface area contributed by atoms with Gasteiger partial charge in [0.1, 0.15) is 11.8 Å². The number of piperidine rings is 1. The molecule has 1 aromatic rings. The van der Waals surface area contributed by atoms with Gasteiger partial charge in [-0.15, -0.1) is 0 Å². The molecule has 1 aliphatic heterocycles. The van der Waals surface area contributed by atoms with Crippen molar-refractivity contribution in [3.05, 3.63) is 29.8 Å². The summed E-state index contributed by atoms with van der Waals surface area (Å²) in [7, 11) is 0. The topological polar surface area (TPSA) is 66.8 Å². The third-order valence-corrected chi connectivity index (χ3v) is 3.46. The van der Waals surface area contributed by atoms with E-state index in [0.29, 0.717) is 19.6 Å². The van der Waals surface area contributed by atoms with Gasteiger partial charge in [-0.05, 0) is 38.3 Å². The molecule has 1 atom stereocenters. The fraction of sp³-hybridized carbons (Fsp3) is 0.467. The lowest BCUT2D eigenvalue weighted by Crippen LogP contribution is -2.48. The minimum atomic E-state index is -0.546. The lowest BCUT2D eigenvalue weighted by molar-refractivity contribution is -0.149. The number of nitrogens with zero attached hydrogens (tertiary/aromatic N) is 1. The van der Waals surface area contributed by atoms with E-state index in [-0.39, 0.29) is 23.2 Å². The maximum Gasteiger partial charge on any atom is 0.328 e. The third kappa shape index (κ3) is 2.92. The van der Waals surface area contributed by atoms with Crippen LogP contribution in [0.5, 0.6) is 5.75 Å². The Bertz CT molecular complexity index is 500. The fourth-order valence-electron chi connectivity index (χ4n) is 2.47. The van der Waals surface area contributed by atoms with Crippen LogP contribution < -0.4 is 0 Å². The fourth-order valence-corrected chi connectivity index (χ4v) is 2.47. The predicted octanol–water partition coefficient (Wildman–Crippen LogP) is 1.95. The second-order valence-electron chi connectivity index (χ2n) is 4.78. The van der Waals surface area contributed by atoms with Crippen molar-refractivity contribution in [2.45, 2.75) is 32.2 Å². The maximum absolute atomic E-state index is 12.5. The van der Waals surface area contributed by atoms with Crippen LogP contribution in [0.4, 0.5) is 0 Å². The Kier molecular flexibility index (Phi) is 4.61. The highest BCUT2D eigenvalue weighted by Crippen LogP contribution is 2.24. The van der Waals surface area contributed by atoms with Crippen molar-refractivity contribution in [1.82, 2.24) is 4.90 Å². The molecule has 0 spiro atoms. The summed E-state index contributed by atoms with van der Waals surface area (Å²) in [6.07, 6.45) is 2.36. The maximum atomic E-state index is 12.5. The summed E-state index contributed by atoms with van der Waals surface area (Å²) in [6, 6.07) is 5.84. The van der Waals surface area contributed by atoms with E-state index in [1.807, 2.05) is 0 Å². The van der Waals surface area contributed by atoms with E-state index < -0.39 is 6.04 Å². The summed E-state index contributed by atoms with van der Waals surface area (Å²) in [5.74, 6) is -0.748. The molecule has 1 amide bonds. The number of hydrogen-bond donors (Lipinski definition) is 1. The number of ether oxygens (including phenoxy) is 1. The van der Waals surface area contributed by atoms with Crippen molar-refractivity contribution in [2.75, 3.05) is 13.2 Å². The Labute approximate surface area is 118 Å². The van der Waals surface area contributed by atoms with Crippen LogP contribution in [0.3, 0.4) is 0 Å². The first kappa shape index (κ1) is 14.4. The first-order valence-corrected chi connectivity index (χ1v) is 6.90. The van der Waals surface area contributed by atoms with Crippen LogP contribution in [0, 0.1) is 0 Å². The molecule has 0 aliphatic carbocycles. The molecule has 0 saturated carbocycles. The largest absolute Gasteiger partial charge is 0.507 e. The summed E-state index contributed by atoms with van der Waals surface area (Å²) < 4.78 is 5.03. The molecule has 108 valence electrons. The standard InChI is InChI=1S/C15H19NO4/c1-2-20-15(19)12-8-5-6-10-16(12)14(18)11-7-3-4-9-13(11)17/h3-4,7,9,12,17H,2,5-6,8,10H2,1H3. The van der Waals surface area contributed by atoms with Gasteiger partial charge >= 0.3 is 5.97 Å². The van der Waals surface area contributed by atoms with E-state index in [1.165, 1.54) is 11.0 Å². The molecule has 1 fully saturated rings. The van der Waals surface area contributed by atoms with E-state index in [0.717, 1.165) is 12.8 Å². The van der Waals surface area contributed by atoms with Crippen molar-refractivity contribution in [2.24, 2.45) is 0 Å². The van der Waals surface area contributed by atoms with Crippen molar-refractivity contribution in [3.63, 3.8) is 0 Å². The number of benzene rings is 1. The molecule has 1 heterocycles. The molecular formula is C15H19NO4. The zero-order chi connectivity index (χ0) is 14.5. The van der Waals surface area contributed by atoms with Gasteiger partial charge in [0.15, 0.2) is 0 Å². The molecule has 1 aliphatic rings. The van der Waals surface area contributed by atoms with E-state index in [2.05, 4.69) is 0 Å². The average Bonchev–Trinajstić information content (AvgIpc) is 2.47. The van der Waals surface area contributed by atoms with Crippen molar-refractivity contribution >= 4 is 11.9 Å². The van der Waals surface area contributed by atoms with Crippen LogP contribution in [0.25, 0.3) is 0 Å². The summed E-state index contributed by atoms with van der Waals surface area (Å²) >= 11 is 0. The summed E-state index contributed by atoms with van der Waals surface area (Å²) in [6.45, 7) is 2.56. The number of likely N-dealkylation sites (tertiary alicyclic amines) is 1. The summed E-state index contributed by atoms with van der Waals surface area (Å²) in [5, 5.41) is 9.78. The predicted molar refractivity (Wildman–Crippen MR) is 73.4 cm³/mol. The molecule has 5 nitrogen and oxygen atoms in total. The Morgan fingerprint density at radius 2 is 2.10 bits per heavy atom. The smallest absolute Gasteiger partial charge is 0.328 e. The van der Waals surface area contributed by atoms with Crippen LogP contribution in [-0.4, -0.2) is 41.1 Å². The van der Waals surface area contributed by atoms with Gasteiger partial charge in [-0.1, -0.05) is 12.1 Å². The van der Waals surface area contributed by atoms with Crippen LogP contribution in [0.1, 0.15) is 36.5 Å². The number of aromatic hydroxyl groups is 1. The van der Waals surface area contributed by atoms with Crippen molar-refractivity contribution < 1.29 is 19.4 Å². The molecule has 1 N–H and O–H groups in total. The molecule has 0 bridgehead atoms. The highest BCUT2D eigenvalue weighted by molar-refractivity contribution is 5.99. The van der Waals surface area contributed by atoms with Gasteiger partial charge in [-0.3, -0.25) is 4.79 Å². The lowest BCUT2D eigenvalue weighted by Gasteiger charge is -2.34. The van der Waals surface area contributed by atoms with E-state index >= 15 is 0 Å². The number of phenolic OH excluding ortho intramolecular Hbond substituents is 1. The van der Waals surface area contributed by atoms with E-state index in [1.54, 1.807) is 25.1 Å². The molecular weight excluding hydrogens is 258 g/mol. The number of carbonyl (C=O) groups excluding carboxylic acids is 2. The van der Waals surface area contributed by atoms with Crippen LogP contribution in [0.15, 0.2) is 24.3 Å². The highest BCUT2D eigenvalue weighted by Gasteiger charge is 2.34. The quantitative estimate of drug-likeness (QED) is 0.857. The van der Waals surface area contributed by atoms with Gasteiger partial charge in [-0.25, -0.2) is 4.79 Å². The number of amides is 1. The normalized spacial score (nSPS) is 18.6. The molecule has 2 rings (SSSR count). The summed E-state index contributed by atoms with van der Waals surface area (Å²) in [4.78, 5) is 26.0. The first-order valence-electron chi connectivity index (χ1n) is 6.90. The minimum Gasteiger partial charge on any atom is -0.507 e. The second-order valence-corrected chi connectivity index (χ2v) is 4.78. The number of rotatable bonds is 3. The lowest BCUT2D eigenvalue weighted by atomic mass is 10.0.